The molecule has 0 radical (unpaired) electrons. The lowest BCUT2D eigenvalue weighted by Crippen LogP contribution is -2.54. The third-order valence-electron chi connectivity index (χ3n) is 4.77. The van der Waals surface area contributed by atoms with Gasteiger partial charge >= 0.3 is 11.9 Å². The van der Waals surface area contributed by atoms with E-state index in [0.717, 1.165) is 18.4 Å². The molecule has 0 aromatic heterocycles. The highest BCUT2D eigenvalue weighted by Crippen LogP contribution is 2.12. The zero-order valence-electron chi connectivity index (χ0n) is 17.7. The van der Waals surface area contributed by atoms with E-state index >= 15 is 0 Å². The topological polar surface area (TPSA) is 111 Å². The van der Waals surface area contributed by atoms with Crippen LogP contribution >= 0.6 is 0 Å². The summed E-state index contributed by atoms with van der Waals surface area (Å²) in [6.07, 6.45) is 8.52. The SMILES string of the molecule is CCC(C)[C@H](NC(C)=O)C(=O)N[C@H](CCC(=O)OCC1=CCCC=C1)C(=O)OC.[HH].[HH]. The van der Waals surface area contributed by atoms with Gasteiger partial charge in [-0.05, 0) is 30.8 Å². The number of hydrogen-bond donors (Lipinski definition) is 2. The Bertz CT molecular complexity index is 666. The minimum atomic E-state index is -1.01. The van der Waals surface area contributed by atoms with Gasteiger partial charge in [-0.15, -0.1) is 0 Å². The maximum atomic E-state index is 12.6. The summed E-state index contributed by atoms with van der Waals surface area (Å²) in [4.78, 5) is 48.1. The fourth-order valence-electron chi connectivity index (χ4n) is 2.85. The second-order valence-electron chi connectivity index (χ2n) is 7.11. The van der Waals surface area contributed by atoms with Gasteiger partial charge in [0.15, 0.2) is 0 Å². The Hall–Kier alpha value is -2.64. The first-order chi connectivity index (χ1) is 13.8. The van der Waals surface area contributed by atoms with Gasteiger partial charge in [-0.2, -0.15) is 0 Å². The van der Waals surface area contributed by atoms with Gasteiger partial charge in [0.25, 0.3) is 0 Å². The molecule has 0 saturated carbocycles. The number of nitrogens with one attached hydrogen (secondary N) is 2. The molecule has 166 valence electrons. The van der Waals surface area contributed by atoms with E-state index in [1.54, 1.807) is 0 Å². The van der Waals surface area contributed by atoms with E-state index in [0.29, 0.717) is 6.42 Å². The third kappa shape index (κ3) is 8.93. The molecule has 0 fully saturated rings. The molecule has 0 bridgehead atoms. The second kappa shape index (κ2) is 12.7. The number of carbonyl (C=O) groups excluding carboxylic acids is 4. The minimum absolute atomic E-state index is 0. The number of hydrogen-bond acceptors (Lipinski definition) is 6. The van der Waals surface area contributed by atoms with Crippen molar-refractivity contribution in [3.63, 3.8) is 0 Å². The van der Waals surface area contributed by atoms with Crippen LogP contribution in [0.4, 0.5) is 0 Å². The van der Waals surface area contributed by atoms with E-state index in [-0.39, 0.29) is 34.1 Å². The van der Waals surface area contributed by atoms with Crippen molar-refractivity contribution in [2.24, 2.45) is 5.92 Å². The van der Waals surface area contributed by atoms with Gasteiger partial charge < -0.3 is 20.1 Å². The lowest BCUT2D eigenvalue weighted by atomic mass is 9.97. The first kappa shape index (κ1) is 24.4. The smallest absolute Gasteiger partial charge is 0.328 e. The first-order valence-electron chi connectivity index (χ1n) is 9.94. The fraction of sp³-hybridized carbons (Fsp3) is 0.619. The van der Waals surface area contributed by atoms with Crippen molar-refractivity contribution >= 4 is 23.8 Å². The molecule has 3 atom stereocenters. The minimum Gasteiger partial charge on any atom is -0.467 e. The summed E-state index contributed by atoms with van der Waals surface area (Å²) in [5, 5.41) is 5.20. The molecule has 29 heavy (non-hydrogen) atoms. The zero-order chi connectivity index (χ0) is 21.8. The van der Waals surface area contributed by atoms with E-state index in [1.807, 2.05) is 32.1 Å². The maximum absolute atomic E-state index is 12.6. The molecule has 1 aliphatic carbocycles. The lowest BCUT2D eigenvalue weighted by molar-refractivity contribution is -0.147. The number of allylic oxidation sites excluding steroid dienone is 2. The van der Waals surface area contributed by atoms with Crippen molar-refractivity contribution in [2.75, 3.05) is 13.7 Å². The van der Waals surface area contributed by atoms with Crippen molar-refractivity contribution in [3.8, 4) is 0 Å². The molecule has 1 unspecified atom stereocenters. The molecular formula is C21H36N2O6. The Morgan fingerprint density at radius 2 is 1.93 bits per heavy atom. The Labute approximate surface area is 175 Å². The molecule has 0 spiro atoms. The van der Waals surface area contributed by atoms with E-state index in [9.17, 15) is 19.2 Å². The Kier molecular flexibility index (Phi) is 10.7. The molecule has 8 heteroatoms. The van der Waals surface area contributed by atoms with Crippen molar-refractivity contribution in [1.82, 2.24) is 10.6 Å². The van der Waals surface area contributed by atoms with Crippen molar-refractivity contribution in [3.05, 3.63) is 23.8 Å². The average molecular weight is 413 g/mol. The van der Waals surface area contributed by atoms with Crippen LogP contribution in [0, 0.1) is 5.92 Å². The van der Waals surface area contributed by atoms with Crippen LogP contribution in [0.25, 0.3) is 0 Å². The summed E-state index contributed by atoms with van der Waals surface area (Å²) in [7, 11) is 1.21. The normalized spacial score (nSPS) is 16.1. The molecule has 1 aliphatic rings. The molecule has 2 N–H and O–H groups in total. The summed E-state index contributed by atoms with van der Waals surface area (Å²) >= 11 is 0. The van der Waals surface area contributed by atoms with E-state index < -0.39 is 29.9 Å². The molecule has 8 nitrogen and oxygen atoms in total. The van der Waals surface area contributed by atoms with Crippen LogP contribution in [0.5, 0.6) is 0 Å². The molecule has 0 aliphatic heterocycles. The molecule has 1 rings (SSSR count). The Balaban J connectivity index is 0. The van der Waals surface area contributed by atoms with Crippen LogP contribution in [-0.2, 0) is 28.7 Å². The van der Waals surface area contributed by atoms with Crippen LogP contribution in [0.15, 0.2) is 23.8 Å². The van der Waals surface area contributed by atoms with E-state index in [1.165, 1.54) is 14.0 Å². The fourth-order valence-corrected chi connectivity index (χ4v) is 2.85. The van der Waals surface area contributed by atoms with E-state index in [2.05, 4.69) is 10.6 Å². The maximum Gasteiger partial charge on any atom is 0.328 e. The number of esters is 2. The summed E-state index contributed by atoms with van der Waals surface area (Å²) in [6, 6.07) is -1.78. The van der Waals surface area contributed by atoms with Crippen LogP contribution in [0.2, 0.25) is 0 Å². The highest BCUT2D eigenvalue weighted by atomic mass is 16.5. The first-order valence-corrected chi connectivity index (χ1v) is 9.94. The number of carbonyl (C=O) groups is 4. The van der Waals surface area contributed by atoms with Gasteiger partial charge in [0.05, 0.1) is 7.11 Å². The van der Waals surface area contributed by atoms with Crippen molar-refractivity contribution in [2.45, 2.75) is 65.0 Å². The highest BCUT2D eigenvalue weighted by molar-refractivity contribution is 5.90. The van der Waals surface area contributed by atoms with Gasteiger partial charge in [0.1, 0.15) is 18.7 Å². The molecule has 0 saturated heterocycles. The van der Waals surface area contributed by atoms with Crippen LogP contribution in [0.3, 0.4) is 0 Å². The summed E-state index contributed by atoms with van der Waals surface area (Å²) in [5.74, 6) is -2.08. The van der Waals surface area contributed by atoms with Gasteiger partial charge in [-0.1, -0.05) is 38.5 Å². The van der Waals surface area contributed by atoms with Crippen LogP contribution in [-0.4, -0.2) is 49.6 Å². The average Bonchev–Trinajstić information content (AvgIpc) is 2.72. The Morgan fingerprint density at radius 3 is 2.48 bits per heavy atom. The summed E-state index contributed by atoms with van der Waals surface area (Å²) in [5.41, 5.74) is 0.939. The molecule has 0 aromatic rings. The van der Waals surface area contributed by atoms with Gasteiger partial charge in [0.2, 0.25) is 11.8 Å². The number of methoxy groups -OCH3 is 1. The third-order valence-corrected chi connectivity index (χ3v) is 4.77. The van der Waals surface area contributed by atoms with Crippen LogP contribution < -0.4 is 10.6 Å². The van der Waals surface area contributed by atoms with Gasteiger partial charge in [-0.25, -0.2) is 4.79 Å². The molecule has 0 aromatic carbocycles. The van der Waals surface area contributed by atoms with Crippen molar-refractivity contribution < 1.29 is 31.5 Å². The summed E-state index contributed by atoms with van der Waals surface area (Å²) < 4.78 is 9.96. The number of amides is 2. The van der Waals surface area contributed by atoms with Gasteiger partial charge in [0, 0.05) is 16.2 Å². The standard InChI is InChI=1S/C21H32N2O6.2H2/c1-5-14(2)19(22-15(3)24)20(26)23-17(21(27)28-4)11-12-18(25)29-13-16-9-7-6-8-10-16;;/h7,9-10,14,17,19H,5-6,8,11-13H2,1-4H3,(H,22,24)(H,23,26);2*1H/t14?,17-,19+;;/m1../s1. The van der Waals surface area contributed by atoms with E-state index in [4.69, 9.17) is 9.47 Å². The Morgan fingerprint density at radius 1 is 1.21 bits per heavy atom. The predicted molar refractivity (Wildman–Crippen MR) is 112 cm³/mol. The number of rotatable bonds is 11. The van der Waals surface area contributed by atoms with Crippen LogP contribution in [0.1, 0.15) is 55.7 Å². The zero-order valence-corrected chi connectivity index (χ0v) is 17.7. The monoisotopic (exact) mass is 412 g/mol. The quantitative estimate of drug-likeness (QED) is 0.504. The lowest BCUT2D eigenvalue weighted by Gasteiger charge is -2.25. The molecular weight excluding hydrogens is 376 g/mol. The van der Waals surface area contributed by atoms with Crippen molar-refractivity contribution in [1.29, 1.82) is 0 Å². The van der Waals surface area contributed by atoms with Gasteiger partial charge in [-0.3, -0.25) is 14.4 Å². The predicted octanol–water partition coefficient (Wildman–Crippen LogP) is 2.29. The number of ether oxygens (including phenoxy) is 2. The molecule has 0 heterocycles. The second-order valence-corrected chi connectivity index (χ2v) is 7.11. The largest absolute Gasteiger partial charge is 0.467 e. The molecule has 2 amide bonds. The summed E-state index contributed by atoms with van der Waals surface area (Å²) in [6.45, 7) is 5.24. The highest BCUT2D eigenvalue weighted by Gasteiger charge is 2.30.